The van der Waals surface area contributed by atoms with Crippen LogP contribution in [0.2, 0.25) is 0 Å². The van der Waals surface area contributed by atoms with Crippen LogP contribution in [0.5, 0.6) is 0 Å². The number of carboxylic acids is 1. The van der Waals surface area contributed by atoms with Crippen molar-refractivity contribution < 1.29 is 24.3 Å². The molecule has 0 saturated carbocycles. The normalized spacial score (nSPS) is 13.7. The first kappa shape index (κ1) is 36.7. The minimum Gasteiger partial charge on any atom is -0.480 e. The average Bonchev–Trinajstić information content (AvgIpc) is 2.89. The second-order valence-corrected chi connectivity index (χ2v) is 10.1. The lowest BCUT2D eigenvalue weighted by molar-refractivity contribution is -0.142. The highest BCUT2D eigenvalue weighted by Gasteiger charge is 2.30. The summed E-state index contributed by atoms with van der Waals surface area (Å²) >= 11 is 1.54. The number of aliphatic imine (C=N–C) groups is 2. The van der Waals surface area contributed by atoms with Gasteiger partial charge in [-0.25, -0.2) is 4.79 Å². The van der Waals surface area contributed by atoms with E-state index in [0.29, 0.717) is 44.4 Å². The Labute approximate surface area is 239 Å². The highest BCUT2D eigenvalue weighted by Crippen LogP contribution is 2.07. The van der Waals surface area contributed by atoms with Crippen LogP contribution in [0.15, 0.2) is 9.98 Å². The molecule has 0 heterocycles. The summed E-state index contributed by atoms with van der Waals surface area (Å²) in [6, 6.07) is -4.14. The zero-order valence-corrected chi connectivity index (χ0v) is 24.0. The summed E-state index contributed by atoms with van der Waals surface area (Å²) in [5.41, 5.74) is 32.8. The number of nitrogens with zero attached hydrogens (tertiary/aromatic N) is 2. The van der Waals surface area contributed by atoms with Gasteiger partial charge < -0.3 is 55.5 Å². The number of carbonyl (C=O) groups is 4. The molecule has 0 aromatic carbocycles. The fraction of sp³-hybridized carbons (Fsp3) is 0.739. The molecule has 0 radical (unpaired) electrons. The third-order valence-corrected chi connectivity index (χ3v) is 6.33. The monoisotopic (exact) mass is 589 g/mol. The number of hydrogen-bond donors (Lipinski definition) is 10. The van der Waals surface area contributed by atoms with Gasteiger partial charge in [0.2, 0.25) is 17.7 Å². The molecule has 0 aliphatic heterocycles. The Morgan fingerprint density at radius 1 is 0.725 bits per heavy atom. The number of nitrogens with two attached hydrogens (primary N) is 6. The van der Waals surface area contributed by atoms with Crippen LogP contribution in [-0.2, 0) is 19.2 Å². The van der Waals surface area contributed by atoms with Crippen LogP contribution >= 0.6 is 11.8 Å². The summed E-state index contributed by atoms with van der Waals surface area (Å²) in [6.45, 7) is 0.777. The van der Waals surface area contributed by atoms with E-state index in [0.717, 1.165) is 0 Å². The van der Waals surface area contributed by atoms with E-state index in [4.69, 9.17) is 34.4 Å². The van der Waals surface area contributed by atoms with Crippen molar-refractivity contribution in [1.29, 1.82) is 0 Å². The van der Waals surface area contributed by atoms with Gasteiger partial charge in [-0.1, -0.05) is 0 Å². The minimum absolute atomic E-state index is 0.0538. The fourth-order valence-electron chi connectivity index (χ4n) is 3.49. The second-order valence-electron chi connectivity index (χ2n) is 9.09. The Kier molecular flexibility index (Phi) is 19.7. The molecule has 0 spiro atoms. The molecule has 4 unspecified atom stereocenters. The van der Waals surface area contributed by atoms with Crippen molar-refractivity contribution in [1.82, 2.24) is 16.0 Å². The Bertz CT molecular complexity index is 851. The maximum atomic E-state index is 13.3. The minimum atomic E-state index is -1.25. The number of carbonyl (C=O) groups excluding carboxylic acids is 3. The predicted octanol–water partition coefficient (Wildman–Crippen LogP) is -3.16. The Morgan fingerprint density at radius 2 is 1.18 bits per heavy atom. The smallest absolute Gasteiger partial charge is 0.326 e. The lowest BCUT2D eigenvalue weighted by Crippen LogP contribution is -2.57. The Balaban J connectivity index is 5.63. The summed E-state index contributed by atoms with van der Waals surface area (Å²) in [7, 11) is 0. The molecule has 0 aromatic rings. The number of unbranched alkanes of at least 4 members (excludes halogenated alkanes) is 1. The largest absolute Gasteiger partial charge is 0.480 e. The number of nitrogens with one attached hydrogen (secondary N) is 3. The van der Waals surface area contributed by atoms with E-state index in [1.165, 1.54) is 0 Å². The molecule has 17 heteroatoms. The van der Waals surface area contributed by atoms with Gasteiger partial charge in [0.25, 0.3) is 0 Å². The number of aliphatic carboxylic acids is 1. The molecule has 4 atom stereocenters. The van der Waals surface area contributed by atoms with Crippen molar-refractivity contribution in [2.45, 2.75) is 75.5 Å². The van der Waals surface area contributed by atoms with Gasteiger partial charge >= 0.3 is 5.97 Å². The van der Waals surface area contributed by atoms with Crippen LogP contribution in [0.3, 0.4) is 0 Å². The Morgan fingerprint density at radius 3 is 1.62 bits per heavy atom. The zero-order chi connectivity index (χ0) is 30.5. The summed E-state index contributed by atoms with van der Waals surface area (Å²) < 4.78 is 0. The lowest BCUT2D eigenvalue weighted by atomic mass is 10.0. The first-order chi connectivity index (χ1) is 18.9. The first-order valence-corrected chi connectivity index (χ1v) is 14.5. The molecule has 230 valence electrons. The van der Waals surface area contributed by atoms with E-state index in [1.54, 1.807) is 11.8 Å². The molecule has 3 amide bonds. The number of carboxylic acid groups (broad SMARTS) is 1. The fourth-order valence-corrected chi connectivity index (χ4v) is 3.98. The molecule has 0 aliphatic carbocycles. The first-order valence-electron chi connectivity index (χ1n) is 13.1. The van der Waals surface area contributed by atoms with Crippen LogP contribution in [0.25, 0.3) is 0 Å². The van der Waals surface area contributed by atoms with Crippen molar-refractivity contribution in [2.24, 2.45) is 44.4 Å². The molecule has 16 N–H and O–H groups in total. The van der Waals surface area contributed by atoms with Gasteiger partial charge in [0.05, 0.1) is 6.04 Å². The van der Waals surface area contributed by atoms with Crippen LogP contribution in [0.1, 0.15) is 51.4 Å². The van der Waals surface area contributed by atoms with Crippen molar-refractivity contribution in [3.05, 3.63) is 0 Å². The number of rotatable bonds is 22. The molecule has 0 bridgehead atoms. The van der Waals surface area contributed by atoms with Crippen LogP contribution < -0.4 is 50.4 Å². The molecular weight excluding hydrogens is 542 g/mol. The number of amides is 3. The van der Waals surface area contributed by atoms with E-state index >= 15 is 0 Å². The van der Waals surface area contributed by atoms with Gasteiger partial charge in [-0.2, -0.15) is 11.8 Å². The quantitative estimate of drug-likeness (QED) is 0.0340. The molecule has 40 heavy (non-hydrogen) atoms. The van der Waals surface area contributed by atoms with E-state index in [-0.39, 0.29) is 44.3 Å². The lowest BCUT2D eigenvalue weighted by Gasteiger charge is -2.25. The topological polar surface area (TPSA) is 305 Å². The third-order valence-electron chi connectivity index (χ3n) is 5.69. The van der Waals surface area contributed by atoms with Crippen molar-refractivity contribution >= 4 is 47.4 Å². The molecule has 0 aromatic heterocycles. The standard InChI is InChI=1S/C23H47N11O5S/c1-40-13-9-14(25)18(35)32-15(6-2-3-10-24)19(36)33-16(7-4-11-30-22(26)27)20(37)34-17(21(38)39)8-5-12-31-23(28)29/h14-17H,2-13,24-25H2,1H3,(H,32,35)(H,33,36)(H,34,37)(H,38,39)(H4,26,27,30)(H4,28,29,31). The number of hydrogen-bond acceptors (Lipinski definition) is 9. The van der Waals surface area contributed by atoms with E-state index < -0.39 is 47.9 Å². The maximum absolute atomic E-state index is 13.3. The number of guanidine groups is 2. The van der Waals surface area contributed by atoms with Crippen LogP contribution in [0.4, 0.5) is 0 Å². The van der Waals surface area contributed by atoms with Crippen molar-refractivity contribution in [2.75, 3.05) is 31.6 Å². The summed E-state index contributed by atoms with van der Waals surface area (Å²) in [4.78, 5) is 58.4. The van der Waals surface area contributed by atoms with E-state index in [1.807, 2.05) is 6.26 Å². The SMILES string of the molecule is CSCCC(N)C(=O)NC(CCCCN)C(=O)NC(CCCN=C(N)N)C(=O)NC(CCCN=C(N)N)C(=O)O. The molecule has 16 nitrogen and oxygen atoms in total. The maximum Gasteiger partial charge on any atom is 0.326 e. The molecular formula is C23H47N11O5S. The van der Waals surface area contributed by atoms with Crippen LogP contribution in [0, 0.1) is 0 Å². The van der Waals surface area contributed by atoms with E-state index in [2.05, 4.69) is 25.9 Å². The molecule has 0 fully saturated rings. The zero-order valence-electron chi connectivity index (χ0n) is 23.1. The highest BCUT2D eigenvalue weighted by atomic mass is 32.2. The van der Waals surface area contributed by atoms with Crippen molar-refractivity contribution in [3.8, 4) is 0 Å². The summed E-state index contributed by atoms with van der Waals surface area (Å²) in [5.74, 6) is -2.64. The highest BCUT2D eigenvalue weighted by molar-refractivity contribution is 7.98. The van der Waals surface area contributed by atoms with Gasteiger partial charge in [-0.05, 0) is 69.9 Å². The second kappa shape index (κ2) is 21.5. The molecule has 0 aliphatic rings. The van der Waals surface area contributed by atoms with Gasteiger partial charge in [0, 0.05) is 13.1 Å². The molecule has 0 saturated heterocycles. The third kappa shape index (κ3) is 17.3. The van der Waals surface area contributed by atoms with Crippen LogP contribution in [-0.4, -0.2) is 96.5 Å². The molecule has 0 rings (SSSR count). The van der Waals surface area contributed by atoms with E-state index in [9.17, 15) is 24.3 Å². The summed E-state index contributed by atoms with van der Waals surface area (Å²) in [6.07, 6.45) is 4.53. The average molecular weight is 590 g/mol. The Hall–Kier alpha value is -3.31. The van der Waals surface area contributed by atoms with Gasteiger partial charge in [-0.3, -0.25) is 24.4 Å². The van der Waals surface area contributed by atoms with Gasteiger partial charge in [0.1, 0.15) is 18.1 Å². The number of thioether (sulfide) groups is 1. The van der Waals surface area contributed by atoms with Crippen molar-refractivity contribution in [3.63, 3.8) is 0 Å². The predicted molar refractivity (Wildman–Crippen MR) is 157 cm³/mol. The summed E-state index contributed by atoms with van der Waals surface area (Å²) in [5, 5.41) is 17.4. The van der Waals surface area contributed by atoms with Gasteiger partial charge in [-0.15, -0.1) is 0 Å². The van der Waals surface area contributed by atoms with Gasteiger partial charge in [0.15, 0.2) is 11.9 Å².